The average molecular weight is 504 g/mol. The van der Waals surface area contributed by atoms with E-state index in [9.17, 15) is 28.4 Å². The van der Waals surface area contributed by atoms with Gasteiger partial charge in [-0.15, -0.1) is 0 Å². The van der Waals surface area contributed by atoms with E-state index in [2.05, 4.69) is 11.4 Å². The maximum Gasteiger partial charge on any atom is 0.326 e. The fourth-order valence-corrected chi connectivity index (χ4v) is 6.05. The largest absolute Gasteiger partial charge is 0.480 e. The van der Waals surface area contributed by atoms with Crippen molar-refractivity contribution in [2.24, 2.45) is 0 Å². The molecule has 4 rings (SSSR count). The van der Waals surface area contributed by atoms with Crippen LogP contribution in [0.4, 0.5) is 0 Å². The van der Waals surface area contributed by atoms with Crippen LogP contribution in [0.15, 0.2) is 83.8 Å². The first kappa shape index (κ1) is 25.1. The molecule has 0 unspecified atom stereocenters. The van der Waals surface area contributed by atoms with E-state index in [0.29, 0.717) is 24.0 Å². The van der Waals surface area contributed by atoms with E-state index in [1.807, 2.05) is 12.1 Å². The number of amides is 1. The van der Waals surface area contributed by atoms with Gasteiger partial charge in [0.05, 0.1) is 16.5 Å². The number of hydrogen-bond acceptors (Lipinski definition) is 5. The molecule has 1 fully saturated rings. The SMILES string of the molecule is N#Cc1ccccc1-c1ccc(C[C@H](NC(=O)[C@@H]2CCCN2S(=O)(=O)c2ccccc2)C(=O)O)cc1. The highest BCUT2D eigenvalue weighted by molar-refractivity contribution is 7.89. The Morgan fingerprint density at radius 3 is 2.36 bits per heavy atom. The van der Waals surface area contributed by atoms with E-state index in [0.717, 1.165) is 15.4 Å². The lowest BCUT2D eigenvalue weighted by Crippen LogP contribution is -2.51. The minimum atomic E-state index is -3.88. The van der Waals surface area contributed by atoms with Crippen molar-refractivity contribution in [3.63, 3.8) is 0 Å². The molecule has 36 heavy (non-hydrogen) atoms. The topological polar surface area (TPSA) is 128 Å². The van der Waals surface area contributed by atoms with E-state index >= 15 is 0 Å². The molecule has 2 atom stereocenters. The highest BCUT2D eigenvalue weighted by Crippen LogP contribution is 2.27. The number of carbonyl (C=O) groups is 2. The zero-order chi connectivity index (χ0) is 25.7. The van der Waals surface area contributed by atoms with Crippen LogP contribution in [0, 0.1) is 11.3 Å². The van der Waals surface area contributed by atoms with Gasteiger partial charge in [-0.25, -0.2) is 13.2 Å². The van der Waals surface area contributed by atoms with Crippen molar-refractivity contribution in [2.75, 3.05) is 6.54 Å². The van der Waals surface area contributed by atoms with Gasteiger partial charge in [-0.1, -0.05) is 60.7 Å². The molecule has 3 aromatic carbocycles. The molecule has 0 bridgehead atoms. The number of hydrogen-bond donors (Lipinski definition) is 2. The van der Waals surface area contributed by atoms with E-state index in [1.165, 1.54) is 12.1 Å². The molecule has 1 amide bonds. The van der Waals surface area contributed by atoms with Crippen LogP contribution in [-0.2, 0) is 26.0 Å². The molecular weight excluding hydrogens is 478 g/mol. The number of rotatable bonds is 8. The predicted octanol–water partition coefficient (Wildman–Crippen LogP) is 3.19. The molecule has 1 aliphatic heterocycles. The lowest BCUT2D eigenvalue weighted by atomic mass is 9.97. The Bertz CT molecular complexity index is 1400. The third kappa shape index (κ3) is 5.30. The Morgan fingerprint density at radius 2 is 1.69 bits per heavy atom. The number of carboxylic acid groups (broad SMARTS) is 1. The molecule has 0 aromatic heterocycles. The van der Waals surface area contributed by atoms with Crippen molar-refractivity contribution < 1.29 is 23.1 Å². The van der Waals surface area contributed by atoms with Crippen molar-refractivity contribution in [1.82, 2.24) is 9.62 Å². The van der Waals surface area contributed by atoms with Crippen LogP contribution >= 0.6 is 0 Å². The fourth-order valence-electron chi connectivity index (χ4n) is 4.37. The Labute approximate surface area is 209 Å². The number of carboxylic acids is 1. The minimum Gasteiger partial charge on any atom is -0.480 e. The number of sulfonamides is 1. The molecule has 8 nitrogen and oxygen atoms in total. The Morgan fingerprint density at radius 1 is 1.03 bits per heavy atom. The summed E-state index contributed by atoms with van der Waals surface area (Å²) in [5.74, 6) is -1.84. The summed E-state index contributed by atoms with van der Waals surface area (Å²) < 4.78 is 27.3. The second-order valence-corrected chi connectivity index (χ2v) is 10.4. The average Bonchev–Trinajstić information content (AvgIpc) is 3.40. The van der Waals surface area contributed by atoms with Crippen molar-refractivity contribution in [2.45, 2.75) is 36.2 Å². The summed E-state index contributed by atoms with van der Waals surface area (Å²) in [6.07, 6.45) is 0.851. The molecule has 1 aliphatic rings. The number of carbonyl (C=O) groups excluding carboxylic acids is 1. The second-order valence-electron chi connectivity index (χ2n) is 8.54. The van der Waals surface area contributed by atoms with Crippen LogP contribution in [-0.4, -0.2) is 48.3 Å². The molecule has 0 radical (unpaired) electrons. The van der Waals surface area contributed by atoms with Crippen LogP contribution in [0.2, 0.25) is 0 Å². The van der Waals surface area contributed by atoms with Gasteiger partial charge in [0.25, 0.3) is 0 Å². The van der Waals surface area contributed by atoms with E-state index in [1.54, 1.807) is 54.6 Å². The standard InChI is InChI=1S/C27H25N3O5S/c28-18-21-7-4-5-10-23(21)20-14-12-19(13-15-20)17-24(27(32)33)29-26(31)25-11-6-16-30(25)36(34,35)22-8-2-1-3-9-22/h1-5,7-10,12-15,24-25H,6,11,16-17H2,(H,29,31)(H,32,33)/t24-,25-/m0/s1. The zero-order valence-corrected chi connectivity index (χ0v) is 20.2. The van der Waals surface area contributed by atoms with Crippen molar-refractivity contribution in [3.8, 4) is 17.2 Å². The summed E-state index contributed by atoms with van der Waals surface area (Å²) in [6, 6.07) is 22.1. The molecule has 2 N–H and O–H groups in total. The molecular formula is C27H25N3O5S. The van der Waals surface area contributed by atoms with Gasteiger partial charge >= 0.3 is 5.97 Å². The lowest BCUT2D eigenvalue weighted by molar-refractivity contribution is -0.142. The summed E-state index contributed by atoms with van der Waals surface area (Å²) in [6.45, 7) is 0.193. The van der Waals surface area contributed by atoms with Gasteiger partial charge in [-0.3, -0.25) is 4.79 Å². The maximum atomic E-state index is 13.1. The number of nitrogens with one attached hydrogen (secondary N) is 1. The van der Waals surface area contributed by atoms with E-state index < -0.39 is 34.0 Å². The zero-order valence-electron chi connectivity index (χ0n) is 19.4. The normalized spacial score (nSPS) is 16.7. The van der Waals surface area contributed by atoms with Gasteiger partial charge in [0.1, 0.15) is 12.1 Å². The van der Waals surface area contributed by atoms with Gasteiger partial charge in [0.2, 0.25) is 15.9 Å². The smallest absolute Gasteiger partial charge is 0.326 e. The molecule has 0 aliphatic carbocycles. The summed E-state index contributed by atoms with van der Waals surface area (Å²) >= 11 is 0. The minimum absolute atomic E-state index is 0.0272. The quantitative estimate of drug-likeness (QED) is 0.486. The molecule has 184 valence electrons. The van der Waals surface area contributed by atoms with Gasteiger partial charge < -0.3 is 10.4 Å². The summed E-state index contributed by atoms with van der Waals surface area (Å²) in [7, 11) is -3.88. The Kier molecular flexibility index (Phi) is 7.48. The van der Waals surface area contributed by atoms with Crippen molar-refractivity contribution in [3.05, 3.63) is 90.0 Å². The molecule has 0 spiro atoms. The van der Waals surface area contributed by atoms with E-state index in [-0.39, 0.29) is 17.9 Å². The highest BCUT2D eigenvalue weighted by atomic mass is 32.2. The van der Waals surface area contributed by atoms with Gasteiger partial charge in [-0.2, -0.15) is 9.57 Å². The summed E-state index contributed by atoms with van der Waals surface area (Å²) in [4.78, 5) is 25.1. The van der Waals surface area contributed by atoms with Crippen LogP contribution < -0.4 is 5.32 Å². The van der Waals surface area contributed by atoms with Gasteiger partial charge in [0.15, 0.2) is 0 Å². The molecule has 0 saturated carbocycles. The number of aliphatic carboxylic acids is 1. The monoisotopic (exact) mass is 503 g/mol. The second kappa shape index (κ2) is 10.7. The van der Waals surface area contributed by atoms with E-state index in [4.69, 9.17) is 0 Å². The molecule has 1 saturated heterocycles. The van der Waals surface area contributed by atoms with Crippen LogP contribution in [0.25, 0.3) is 11.1 Å². The Balaban J connectivity index is 1.48. The lowest BCUT2D eigenvalue weighted by Gasteiger charge is -2.25. The Hall–Kier alpha value is -4.00. The maximum absolute atomic E-state index is 13.1. The number of nitriles is 1. The van der Waals surface area contributed by atoms with Gasteiger partial charge in [0, 0.05) is 13.0 Å². The third-order valence-electron chi connectivity index (χ3n) is 6.22. The van der Waals surface area contributed by atoms with Crippen molar-refractivity contribution >= 4 is 21.9 Å². The molecule has 9 heteroatoms. The summed E-state index contributed by atoms with van der Waals surface area (Å²) in [5, 5.41) is 21.6. The third-order valence-corrected chi connectivity index (χ3v) is 8.15. The highest BCUT2D eigenvalue weighted by Gasteiger charge is 2.40. The van der Waals surface area contributed by atoms with Crippen molar-refractivity contribution in [1.29, 1.82) is 5.26 Å². The fraction of sp³-hybridized carbons (Fsp3) is 0.222. The number of nitrogens with zero attached hydrogens (tertiary/aromatic N) is 2. The first-order valence-corrected chi connectivity index (χ1v) is 12.9. The summed E-state index contributed by atoms with van der Waals surface area (Å²) in [5.41, 5.74) is 2.81. The first-order chi connectivity index (χ1) is 17.3. The molecule has 1 heterocycles. The van der Waals surface area contributed by atoms with Crippen LogP contribution in [0.5, 0.6) is 0 Å². The molecule has 3 aromatic rings. The van der Waals surface area contributed by atoms with Gasteiger partial charge in [-0.05, 0) is 47.7 Å². The van der Waals surface area contributed by atoms with Crippen LogP contribution in [0.1, 0.15) is 24.0 Å². The van der Waals surface area contributed by atoms with Crippen LogP contribution in [0.3, 0.4) is 0 Å². The predicted molar refractivity (Wildman–Crippen MR) is 133 cm³/mol. The number of benzene rings is 3. The first-order valence-electron chi connectivity index (χ1n) is 11.5.